The van der Waals surface area contributed by atoms with Gasteiger partial charge < -0.3 is 9.73 Å². The van der Waals surface area contributed by atoms with E-state index in [0.29, 0.717) is 37.7 Å². The second-order valence-electron chi connectivity index (χ2n) is 5.27. The molecule has 0 atom stereocenters. The molecule has 0 fully saturated rings. The molecule has 0 saturated heterocycles. The highest BCUT2D eigenvalue weighted by Crippen LogP contribution is 2.31. The standard InChI is InChI=1S/C17H11ClFN5OS2/c18-11-7-5-10(6-8-11)15-22-21-14(25-15)9-26-17-24-23-16(27-17)20-13-4-2-1-3-12(13)19/h1-8H,9H2,(H,20,23). The number of rotatable bonds is 6. The number of nitrogens with zero attached hydrogens (tertiary/aromatic N) is 4. The molecule has 136 valence electrons. The van der Waals surface area contributed by atoms with Crippen molar-refractivity contribution in [2.45, 2.75) is 10.1 Å². The molecule has 0 aliphatic rings. The summed E-state index contributed by atoms with van der Waals surface area (Å²) in [5.41, 5.74) is 1.16. The van der Waals surface area contributed by atoms with E-state index in [2.05, 4.69) is 25.7 Å². The molecule has 4 aromatic rings. The number of hydrogen-bond acceptors (Lipinski definition) is 8. The monoisotopic (exact) mass is 419 g/mol. The van der Waals surface area contributed by atoms with Gasteiger partial charge in [-0.25, -0.2) is 4.39 Å². The Bertz CT molecular complexity index is 1050. The molecule has 2 aromatic carbocycles. The molecule has 0 aliphatic carbocycles. The first kappa shape index (κ1) is 17.9. The fraction of sp³-hybridized carbons (Fsp3) is 0.0588. The summed E-state index contributed by atoms with van der Waals surface area (Å²) in [6, 6.07) is 13.6. The van der Waals surface area contributed by atoms with Crippen LogP contribution in [0.1, 0.15) is 5.89 Å². The van der Waals surface area contributed by atoms with Crippen molar-refractivity contribution in [1.29, 1.82) is 0 Å². The van der Waals surface area contributed by atoms with Crippen LogP contribution in [0.15, 0.2) is 57.3 Å². The Kier molecular flexibility index (Phi) is 5.33. The predicted molar refractivity (Wildman–Crippen MR) is 104 cm³/mol. The molecule has 1 N–H and O–H groups in total. The van der Waals surface area contributed by atoms with E-state index in [0.717, 1.165) is 5.56 Å². The third-order valence-electron chi connectivity index (χ3n) is 3.40. The van der Waals surface area contributed by atoms with Crippen LogP contribution in [0.5, 0.6) is 0 Å². The van der Waals surface area contributed by atoms with Crippen molar-refractivity contribution in [2.24, 2.45) is 0 Å². The van der Waals surface area contributed by atoms with Crippen molar-refractivity contribution >= 4 is 45.5 Å². The van der Waals surface area contributed by atoms with Crippen LogP contribution in [0.4, 0.5) is 15.2 Å². The maximum atomic E-state index is 13.7. The van der Waals surface area contributed by atoms with Gasteiger partial charge in [0.1, 0.15) is 5.82 Å². The lowest BCUT2D eigenvalue weighted by atomic mass is 10.2. The molecule has 0 unspecified atom stereocenters. The molecule has 0 bridgehead atoms. The van der Waals surface area contributed by atoms with Crippen LogP contribution >= 0.6 is 34.7 Å². The first-order chi connectivity index (χ1) is 13.2. The van der Waals surface area contributed by atoms with Gasteiger partial charge >= 0.3 is 0 Å². The lowest BCUT2D eigenvalue weighted by Crippen LogP contribution is -1.92. The average molecular weight is 420 g/mol. The van der Waals surface area contributed by atoms with E-state index >= 15 is 0 Å². The Morgan fingerprint density at radius 3 is 2.67 bits per heavy atom. The third kappa shape index (κ3) is 4.44. The average Bonchev–Trinajstić information content (AvgIpc) is 3.32. The van der Waals surface area contributed by atoms with E-state index in [9.17, 15) is 4.39 Å². The smallest absolute Gasteiger partial charge is 0.247 e. The van der Waals surface area contributed by atoms with Gasteiger partial charge in [-0.2, -0.15) is 0 Å². The molecule has 0 aliphatic heterocycles. The zero-order chi connectivity index (χ0) is 18.6. The van der Waals surface area contributed by atoms with Crippen LogP contribution < -0.4 is 5.32 Å². The summed E-state index contributed by atoms with van der Waals surface area (Å²) >= 11 is 8.61. The zero-order valence-corrected chi connectivity index (χ0v) is 16.0. The van der Waals surface area contributed by atoms with Crippen molar-refractivity contribution in [3.8, 4) is 11.5 Å². The molecule has 0 radical (unpaired) electrons. The Morgan fingerprint density at radius 2 is 1.85 bits per heavy atom. The molecule has 6 nitrogen and oxygen atoms in total. The summed E-state index contributed by atoms with van der Waals surface area (Å²) in [6.07, 6.45) is 0. The van der Waals surface area contributed by atoms with Gasteiger partial charge in [0.25, 0.3) is 0 Å². The number of benzene rings is 2. The first-order valence-electron chi connectivity index (χ1n) is 7.73. The van der Waals surface area contributed by atoms with Gasteiger partial charge in [-0.1, -0.05) is 46.8 Å². The van der Waals surface area contributed by atoms with Gasteiger partial charge in [0, 0.05) is 10.6 Å². The number of nitrogens with one attached hydrogen (secondary N) is 1. The van der Waals surface area contributed by atoms with E-state index in [1.54, 1.807) is 30.3 Å². The molecule has 0 amide bonds. The summed E-state index contributed by atoms with van der Waals surface area (Å²) in [7, 11) is 0. The van der Waals surface area contributed by atoms with E-state index in [1.807, 2.05) is 12.1 Å². The van der Waals surface area contributed by atoms with Crippen LogP contribution in [0, 0.1) is 5.82 Å². The number of anilines is 2. The number of halogens is 2. The maximum Gasteiger partial charge on any atom is 0.247 e. The summed E-state index contributed by atoms with van der Waals surface area (Å²) in [6.45, 7) is 0. The van der Waals surface area contributed by atoms with Crippen molar-refractivity contribution in [1.82, 2.24) is 20.4 Å². The Balaban J connectivity index is 1.38. The van der Waals surface area contributed by atoms with E-state index in [-0.39, 0.29) is 5.82 Å². The van der Waals surface area contributed by atoms with Crippen molar-refractivity contribution in [3.05, 3.63) is 65.3 Å². The highest BCUT2D eigenvalue weighted by molar-refractivity contribution is 8.00. The molecular formula is C17H11ClFN5OS2. The summed E-state index contributed by atoms with van der Waals surface area (Å²) in [5.74, 6) is 1.02. The molecule has 4 rings (SSSR count). The highest BCUT2D eigenvalue weighted by atomic mass is 35.5. The van der Waals surface area contributed by atoms with Crippen molar-refractivity contribution < 1.29 is 8.81 Å². The molecule has 2 heterocycles. The fourth-order valence-corrected chi connectivity index (χ4v) is 3.87. The van der Waals surface area contributed by atoms with Gasteiger partial charge in [-0.15, -0.1) is 20.4 Å². The molecule has 0 saturated carbocycles. The normalized spacial score (nSPS) is 10.9. The number of para-hydroxylation sites is 1. The van der Waals surface area contributed by atoms with E-state index < -0.39 is 0 Å². The summed E-state index contributed by atoms with van der Waals surface area (Å²) in [5, 5.41) is 20.2. The lowest BCUT2D eigenvalue weighted by molar-refractivity contribution is 0.528. The number of thioether (sulfide) groups is 1. The fourth-order valence-electron chi connectivity index (χ4n) is 2.14. The molecule has 27 heavy (non-hydrogen) atoms. The Labute approximate surface area is 166 Å². The highest BCUT2D eigenvalue weighted by Gasteiger charge is 2.12. The van der Waals surface area contributed by atoms with Crippen molar-refractivity contribution in [2.75, 3.05) is 5.32 Å². The SMILES string of the molecule is Fc1ccccc1Nc1nnc(SCc2nnc(-c3ccc(Cl)cc3)o2)s1. The lowest BCUT2D eigenvalue weighted by Gasteiger charge is -2.01. The van der Waals surface area contributed by atoms with Gasteiger partial charge in [-0.05, 0) is 36.4 Å². The summed E-state index contributed by atoms with van der Waals surface area (Å²) in [4.78, 5) is 0. The Hall–Kier alpha value is -2.49. The van der Waals surface area contributed by atoms with Crippen LogP contribution in [0.25, 0.3) is 11.5 Å². The minimum atomic E-state index is -0.345. The van der Waals surface area contributed by atoms with Crippen molar-refractivity contribution in [3.63, 3.8) is 0 Å². The quantitative estimate of drug-likeness (QED) is 0.418. The maximum absolute atomic E-state index is 13.7. The second-order valence-corrected chi connectivity index (χ2v) is 7.91. The van der Waals surface area contributed by atoms with Crippen LogP contribution in [0.2, 0.25) is 5.02 Å². The number of aromatic nitrogens is 4. The summed E-state index contributed by atoms with van der Waals surface area (Å²) < 4.78 is 20.0. The molecule has 10 heteroatoms. The minimum Gasteiger partial charge on any atom is -0.420 e. The minimum absolute atomic E-state index is 0.345. The molecule has 2 aromatic heterocycles. The van der Waals surface area contributed by atoms with Crippen LogP contribution in [-0.2, 0) is 5.75 Å². The van der Waals surface area contributed by atoms with Crippen LogP contribution in [0.3, 0.4) is 0 Å². The molecule has 0 spiro atoms. The van der Waals surface area contributed by atoms with Gasteiger partial charge in [0.2, 0.25) is 16.9 Å². The van der Waals surface area contributed by atoms with E-state index in [4.69, 9.17) is 16.0 Å². The van der Waals surface area contributed by atoms with E-state index in [1.165, 1.54) is 29.2 Å². The largest absolute Gasteiger partial charge is 0.420 e. The van der Waals surface area contributed by atoms with Gasteiger partial charge in [0.15, 0.2) is 4.34 Å². The zero-order valence-electron chi connectivity index (χ0n) is 13.6. The van der Waals surface area contributed by atoms with Gasteiger partial charge in [0.05, 0.1) is 11.4 Å². The molecular weight excluding hydrogens is 409 g/mol. The van der Waals surface area contributed by atoms with Gasteiger partial charge in [-0.3, -0.25) is 0 Å². The Morgan fingerprint density at radius 1 is 1.04 bits per heavy atom. The third-order valence-corrected chi connectivity index (χ3v) is 5.61. The predicted octanol–water partition coefficient (Wildman–Crippen LogP) is 5.42. The van der Waals surface area contributed by atoms with Crippen LogP contribution in [-0.4, -0.2) is 20.4 Å². The number of hydrogen-bond donors (Lipinski definition) is 1. The second kappa shape index (κ2) is 8.03. The first-order valence-corrected chi connectivity index (χ1v) is 9.91. The topological polar surface area (TPSA) is 76.7 Å².